The molecule has 39 heavy (non-hydrogen) atoms. The Morgan fingerprint density at radius 2 is 1.72 bits per heavy atom. The van der Waals surface area contributed by atoms with Crippen LogP contribution in [0.15, 0.2) is 78.9 Å². The molecule has 1 spiro atoms. The van der Waals surface area contributed by atoms with Gasteiger partial charge in [-0.3, -0.25) is 0 Å². The van der Waals surface area contributed by atoms with Crippen LogP contribution in [0, 0.1) is 5.92 Å². The van der Waals surface area contributed by atoms with Gasteiger partial charge in [-0.1, -0.05) is 42.5 Å². The summed E-state index contributed by atoms with van der Waals surface area (Å²) in [4.78, 5) is 2.47. The van der Waals surface area contributed by atoms with E-state index in [1.54, 1.807) is 14.2 Å². The third kappa shape index (κ3) is 5.55. The van der Waals surface area contributed by atoms with Crippen molar-refractivity contribution >= 4 is 11.3 Å². The summed E-state index contributed by atoms with van der Waals surface area (Å²) < 4.78 is 29.3. The van der Waals surface area contributed by atoms with Crippen LogP contribution < -0.4 is 14.4 Å². The van der Waals surface area contributed by atoms with E-state index >= 15 is 0 Å². The molecule has 0 saturated carbocycles. The predicted octanol–water partition coefficient (Wildman–Crippen LogP) is 6.08. The molecule has 1 unspecified atom stereocenters. The number of hydrogen-bond acceptors (Lipinski definition) is 6. The number of anilines is 1. The molecule has 0 aliphatic carbocycles. The van der Waals surface area contributed by atoms with Gasteiger partial charge < -0.3 is 28.6 Å². The zero-order valence-corrected chi connectivity index (χ0v) is 22.8. The van der Waals surface area contributed by atoms with E-state index in [1.807, 2.05) is 30.3 Å². The second-order valence-electron chi connectivity index (χ2n) is 10.7. The van der Waals surface area contributed by atoms with Crippen molar-refractivity contribution in [2.45, 2.75) is 37.8 Å². The summed E-state index contributed by atoms with van der Waals surface area (Å²) in [6, 6.07) is 25.3. The highest BCUT2D eigenvalue weighted by atomic mass is 16.7. The van der Waals surface area contributed by atoms with Crippen molar-refractivity contribution in [3.8, 4) is 11.5 Å². The third-order valence-electron chi connectivity index (χ3n) is 8.32. The number of fused-ring (bicyclic) bond motifs is 1. The van der Waals surface area contributed by atoms with Crippen LogP contribution in [-0.4, -0.2) is 52.4 Å². The summed E-state index contributed by atoms with van der Waals surface area (Å²) in [5, 5.41) is 0. The molecule has 0 N–H and O–H groups in total. The van der Waals surface area contributed by atoms with Crippen LogP contribution in [0.3, 0.4) is 0 Å². The van der Waals surface area contributed by atoms with Gasteiger partial charge in [-0.05, 0) is 66.3 Å². The van der Waals surface area contributed by atoms with Crippen LogP contribution in [-0.2, 0) is 20.8 Å². The molecule has 0 aromatic heterocycles. The smallest absolute Gasteiger partial charge is 0.161 e. The lowest BCUT2D eigenvalue weighted by Gasteiger charge is -2.40. The second kappa shape index (κ2) is 11.4. The first-order chi connectivity index (χ1) is 19.2. The number of rotatable bonds is 8. The number of nitrogens with zero attached hydrogens (tertiary/aromatic N) is 1. The molecule has 2 saturated heterocycles. The van der Waals surface area contributed by atoms with E-state index in [2.05, 4.69) is 53.4 Å². The Balaban J connectivity index is 1.08. The van der Waals surface area contributed by atoms with Crippen molar-refractivity contribution < 1.29 is 23.7 Å². The molecule has 3 aromatic carbocycles. The number of benzene rings is 3. The number of ether oxygens (including phenoxy) is 5. The third-order valence-corrected chi connectivity index (χ3v) is 8.32. The predicted molar refractivity (Wildman–Crippen MR) is 152 cm³/mol. The summed E-state index contributed by atoms with van der Waals surface area (Å²) in [5.74, 6) is 1.98. The topological polar surface area (TPSA) is 49.4 Å². The standard InChI is InChI=1S/C33H37NO5/c1-35-32(36-2)26-21-33(39-23-26)15-17-34(18-16-33)27-10-8-25(9-11-27)29-14-19-37-31-20-28(12-13-30(29)31)38-22-24-6-4-3-5-7-24/h3-14,20,26,32H,15-19,21-23H2,1-2H3. The molecule has 0 amide bonds. The quantitative estimate of drug-likeness (QED) is 0.331. The van der Waals surface area contributed by atoms with Gasteiger partial charge in [-0.15, -0.1) is 0 Å². The fraction of sp³-hybridized carbons (Fsp3) is 0.394. The minimum atomic E-state index is -0.187. The van der Waals surface area contributed by atoms with Gasteiger partial charge in [-0.25, -0.2) is 0 Å². The Kier molecular flexibility index (Phi) is 7.60. The Morgan fingerprint density at radius 3 is 2.46 bits per heavy atom. The lowest BCUT2D eigenvalue weighted by molar-refractivity contribution is -0.136. The number of hydrogen-bond donors (Lipinski definition) is 0. The van der Waals surface area contributed by atoms with Crippen molar-refractivity contribution in [3.63, 3.8) is 0 Å². The van der Waals surface area contributed by atoms with E-state index in [9.17, 15) is 0 Å². The maximum absolute atomic E-state index is 6.33. The van der Waals surface area contributed by atoms with Crippen molar-refractivity contribution in [1.82, 2.24) is 0 Å². The van der Waals surface area contributed by atoms with E-state index in [0.717, 1.165) is 55.0 Å². The molecule has 3 aliphatic rings. The van der Waals surface area contributed by atoms with Crippen LogP contribution >= 0.6 is 0 Å². The van der Waals surface area contributed by atoms with Crippen LogP contribution in [0.1, 0.15) is 36.0 Å². The molecule has 3 heterocycles. The maximum atomic E-state index is 6.33. The van der Waals surface area contributed by atoms with Crippen LogP contribution in [0.25, 0.3) is 5.57 Å². The molecule has 0 radical (unpaired) electrons. The molecule has 6 nitrogen and oxygen atoms in total. The maximum Gasteiger partial charge on any atom is 0.161 e. The summed E-state index contributed by atoms with van der Waals surface area (Å²) in [6.45, 7) is 3.77. The van der Waals surface area contributed by atoms with Gasteiger partial charge in [0.2, 0.25) is 0 Å². The Hall–Kier alpha value is -3.32. The number of methoxy groups -OCH3 is 2. The summed E-state index contributed by atoms with van der Waals surface area (Å²) >= 11 is 0. The zero-order valence-electron chi connectivity index (χ0n) is 22.8. The molecule has 1 atom stereocenters. The normalized spacial score (nSPS) is 20.0. The molecule has 3 aromatic rings. The van der Waals surface area contributed by atoms with Gasteiger partial charge in [-0.2, -0.15) is 0 Å². The second-order valence-corrected chi connectivity index (χ2v) is 10.7. The van der Waals surface area contributed by atoms with Gasteiger partial charge in [0, 0.05) is 50.5 Å². The average Bonchev–Trinajstić information content (AvgIpc) is 3.40. The van der Waals surface area contributed by atoms with Gasteiger partial charge in [0.1, 0.15) is 24.7 Å². The fourth-order valence-electron chi connectivity index (χ4n) is 6.18. The first kappa shape index (κ1) is 25.9. The molecule has 204 valence electrons. The Labute approximate surface area is 231 Å². The molecule has 3 aliphatic heterocycles. The SMILES string of the molecule is COC(OC)C1COC2(CCN(c3ccc(C4=CCOc5cc(OCc6ccccc6)ccc54)cc3)CC2)C1. The molecule has 6 rings (SSSR count). The molecule has 0 bridgehead atoms. The first-order valence-electron chi connectivity index (χ1n) is 13.9. The molecule has 2 fully saturated rings. The van der Waals surface area contributed by atoms with Crippen molar-refractivity contribution in [2.24, 2.45) is 5.92 Å². The van der Waals surface area contributed by atoms with E-state index in [0.29, 0.717) is 25.7 Å². The van der Waals surface area contributed by atoms with E-state index in [1.165, 1.54) is 16.8 Å². The van der Waals surface area contributed by atoms with Gasteiger partial charge in [0.25, 0.3) is 0 Å². The Bertz CT molecular complexity index is 1280. The summed E-state index contributed by atoms with van der Waals surface area (Å²) in [5.41, 5.74) is 5.85. The summed E-state index contributed by atoms with van der Waals surface area (Å²) in [6.07, 6.45) is 5.02. The molecular weight excluding hydrogens is 490 g/mol. The van der Waals surface area contributed by atoms with Crippen molar-refractivity contribution in [3.05, 3.63) is 95.6 Å². The number of piperidine rings is 1. The fourth-order valence-corrected chi connectivity index (χ4v) is 6.18. The molecular formula is C33H37NO5. The minimum Gasteiger partial charge on any atom is -0.489 e. The molecule has 6 heteroatoms. The highest BCUT2D eigenvalue weighted by Crippen LogP contribution is 2.42. The van der Waals surface area contributed by atoms with Crippen LogP contribution in [0.2, 0.25) is 0 Å². The minimum absolute atomic E-state index is 0.0449. The Morgan fingerprint density at radius 1 is 0.949 bits per heavy atom. The van der Waals surface area contributed by atoms with Gasteiger partial charge in [0.05, 0.1) is 12.2 Å². The average molecular weight is 528 g/mol. The lowest BCUT2D eigenvalue weighted by Crippen LogP contribution is -2.44. The highest BCUT2D eigenvalue weighted by molar-refractivity contribution is 5.84. The van der Waals surface area contributed by atoms with Crippen LogP contribution in [0.4, 0.5) is 5.69 Å². The van der Waals surface area contributed by atoms with Crippen molar-refractivity contribution in [1.29, 1.82) is 0 Å². The van der Waals surface area contributed by atoms with Crippen molar-refractivity contribution in [2.75, 3.05) is 45.4 Å². The lowest BCUT2D eigenvalue weighted by atomic mass is 9.85. The van der Waals surface area contributed by atoms with Gasteiger partial charge >= 0.3 is 0 Å². The first-order valence-corrected chi connectivity index (χ1v) is 13.9. The van der Waals surface area contributed by atoms with Crippen LogP contribution in [0.5, 0.6) is 11.5 Å². The monoisotopic (exact) mass is 527 g/mol. The highest BCUT2D eigenvalue weighted by Gasteiger charge is 2.45. The van der Waals surface area contributed by atoms with E-state index in [-0.39, 0.29) is 11.9 Å². The van der Waals surface area contributed by atoms with E-state index < -0.39 is 0 Å². The summed E-state index contributed by atoms with van der Waals surface area (Å²) in [7, 11) is 3.42. The van der Waals surface area contributed by atoms with Gasteiger partial charge in [0.15, 0.2) is 6.29 Å². The van der Waals surface area contributed by atoms with E-state index in [4.69, 9.17) is 23.7 Å². The largest absolute Gasteiger partial charge is 0.489 e. The zero-order chi connectivity index (χ0) is 26.7.